The fourth-order valence-corrected chi connectivity index (χ4v) is 4.13. The number of ketones is 4. The third-order valence-corrected chi connectivity index (χ3v) is 5.41. The zero-order valence-corrected chi connectivity index (χ0v) is 17.0. The minimum absolute atomic E-state index is 0.00213. The molecule has 4 rings (SSSR count). The van der Waals surface area contributed by atoms with Crippen LogP contribution >= 0.6 is 0 Å². The zero-order chi connectivity index (χ0) is 22.6. The van der Waals surface area contributed by atoms with Gasteiger partial charge < -0.3 is 14.9 Å². The zero-order valence-electron chi connectivity index (χ0n) is 17.0. The van der Waals surface area contributed by atoms with Crippen LogP contribution in [0.5, 0.6) is 11.5 Å². The molecule has 0 unspecified atom stereocenters. The second-order valence-electron chi connectivity index (χ2n) is 7.37. The van der Waals surface area contributed by atoms with E-state index < -0.39 is 28.9 Å². The topological polar surface area (TPSA) is 118 Å². The molecule has 31 heavy (non-hydrogen) atoms. The number of benzene rings is 2. The normalized spacial score (nSPS) is 15.0. The van der Waals surface area contributed by atoms with E-state index >= 15 is 0 Å². The van der Waals surface area contributed by atoms with Gasteiger partial charge in [-0.1, -0.05) is 0 Å². The average Bonchev–Trinajstić information content (AvgIpc) is 2.69. The second kappa shape index (κ2) is 7.05. The fraction of sp³-hybridized carbons (Fsp3) is 0.167. The fourth-order valence-electron chi connectivity index (χ4n) is 4.13. The molecule has 0 spiro atoms. The number of Topliss-reactive ketones (excluding diaryl/α,β-unsaturated/α-hetero) is 1. The minimum atomic E-state index is -0.607. The Labute approximate surface area is 177 Å². The second-order valence-corrected chi connectivity index (χ2v) is 7.37. The van der Waals surface area contributed by atoms with Gasteiger partial charge >= 0.3 is 0 Å². The molecule has 156 valence electrons. The van der Waals surface area contributed by atoms with Gasteiger partial charge in [-0.2, -0.15) is 0 Å². The Kier molecular flexibility index (Phi) is 4.61. The van der Waals surface area contributed by atoms with E-state index in [-0.39, 0.29) is 51.5 Å². The Hall–Kier alpha value is -4.00. The molecule has 0 aliphatic heterocycles. The van der Waals surface area contributed by atoms with Crippen LogP contribution in [-0.2, 0) is 4.74 Å². The summed E-state index contributed by atoms with van der Waals surface area (Å²) in [5, 5.41) is 21.4. The van der Waals surface area contributed by atoms with E-state index in [1.54, 1.807) is 20.8 Å². The lowest BCUT2D eigenvalue weighted by atomic mass is 9.80. The highest BCUT2D eigenvalue weighted by atomic mass is 16.5. The van der Waals surface area contributed by atoms with Gasteiger partial charge in [-0.3, -0.25) is 19.2 Å². The standard InChI is InChI=1S/C24H18O7/c1-4-31-17-9-16(28)20-12(23(17)29)7-10(2)19(24(20)30)18-11(3)8-15(27)21-13(25)5-6-14(26)22(18)21/h5-9,27,30H,4H2,1-3H3. The molecular formula is C24H18O7. The van der Waals surface area contributed by atoms with E-state index in [0.29, 0.717) is 11.1 Å². The van der Waals surface area contributed by atoms with Crippen molar-refractivity contribution in [2.75, 3.05) is 6.61 Å². The van der Waals surface area contributed by atoms with Crippen molar-refractivity contribution in [3.05, 3.63) is 69.5 Å². The molecular weight excluding hydrogens is 400 g/mol. The van der Waals surface area contributed by atoms with Crippen LogP contribution in [0.4, 0.5) is 0 Å². The molecule has 2 aliphatic carbocycles. The highest BCUT2D eigenvalue weighted by molar-refractivity contribution is 6.28. The molecule has 2 aromatic rings. The first-order valence-electron chi connectivity index (χ1n) is 9.61. The van der Waals surface area contributed by atoms with Gasteiger partial charge in [0.2, 0.25) is 5.78 Å². The molecule has 0 saturated carbocycles. The minimum Gasteiger partial charge on any atom is -0.507 e. The molecule has 0 heterocycles. The van der Waals surface area contributed by atoms with Crippen molar-refractivity contribution in [2.45, 2.75) is 20.8 Å². The van der Waals surface area contributed by atoms with Crippen LogP contribution in [0.3, 0.4) is 0 Å². The molecule has 0 fully saturated rings. The number of phenols is 2. The van der Waals surface area contributed by atoms with Crippen LogP contribution in [-0.4, -0.2) is 40.0 Å². The Bertz CT molecular complexity index is 1290. The molecule has 2 aliphatic rings. The smallest absolute Gasteiger partial charge is 0.228 e. The third kappa shape index (κ3) is 2.89. The van der Waals surface area contributed by atoms with E-state index in [2.05, 4.69) is 0 Å². The number of rotatable bonds is 3. The van der Waals surface area contributed by atoms with Crippen LogP contribution in [0.15, 0.2) is 36.1 Å². The highest BCUT2D eigenvalue weighted by Gasteiger charge is 2.35. The Morgan fingerprint density at radius 2 is 1.39 bits per heavy atom. The maximum absolute atomic E-state index is 12.7. The summed E-state index contributed by atoms with van der Waals surface area (Å²) in [7, 11) is 0. The molecule has 0 atom stereocenters. The summed E-state index contributed by atoms with van der Waals surface area (Å²) in [6.45, 7) is 5.12. The number of hydrogen-bond acceptors (Lipinski definition) is 7. The van der Waals surface area contributed by atoms with Gasteiger partial charge in [-0.25, -0.2) is 0 Å². The van der Waals surface area contributed by atoms with Crippen LogP contribution in [0.25, 0.3) is 11.1 Å². The highest BCUT2D eigenvalue weighted by Crippen LogP contribution is 2.45. The Morgan fingerprint density at radius 1 is 0.774 bits per heavy atom. The number of aromatic hydroxyl groups is 2. The van der Waals surface area contributed by atoms with Crippen molar-refractivity contribution in [3.63, 3.8) is 0 Å². The van der Waals surface area contributed by atoms with Crippen molar-refractivity contribution in [2.24, 2.45) is 0 Å². The van der Waals surface area contributed by atoms with Crippen molar-refractivity contribution in [1.82, 2.24) is 0 Å². The van der Waals surface area contributed by atoms with Gasteiger partial charge in [-0.05, 0) is 56.2 Å². The first-order chi connectivity index (χ1) is 14.7. The Balaban J connectivity index is 2.06. The van der Waals surface area contributed by atoms with Crippen molar-refractivity contribution in [1.29, 1.82) is 0 Å². The largest absolute Gasteiger partial charge is 0.507 e. The maximum atomic E-state index is 12.7. The summed E-state index contributed by atoms with van der Waals surface area (Å²) in [5.74, 6) is -3.10. The number of aryl methyl sites for hydroxylation is 2. The molecule has 0 amide bonds. The number of phenolic OH excluding ortho intramolecular Hbond substituents is 2. The monoisotopic (exact) mass is 418 g/mol. The third-order valence-electron chi connectivity index (χ3n) is 5.41. The maximum Gasteiger partial charge on any atom is 0.228 e. The quantitative estimate of drug-likeness (QED) is 0.782. The number of hydrogen-bond donors (Lipinski definition) is 2. The molecule has 7 nitrogen and oxygen atoms in total. The predicted octanol–water partition coefficient (Wildman–Crippen LogP) is 3.62. The summed E-state index contributed by atoms with van der Waals surface area (Å²) in [6, 6.07) is 2.79. The van der Waals surface area contributed by atoms with E-state index in [9.17, 15) is 29.4 Å². The Morgan fingerprint density at radius 3 is 2.03 bits per heavy atom. The number of allylic oxidation sites excluding steroid dienone is 4. The van der Waals surface area contributed by atoms with E-state index in [1.807, 2.05) is 0 Å². The van der Waals surface area contributed by atoms with Crippen LogP contribution in [0, 0.1) is 13.8 Å². The van der Waals surface area contributed by atoms with Gasteiger partial charge in [0, 0.05) is 28.3 Å². The first kappa shape index (κ1) is 20.3. The summed E-state index contributed by atoms with van der Waals surface area (Å²) in [6.07, 6.45) is 3.21. The number of fused-ring (bicyclic) bond motifs is 2. The van der Waals surface area contributed by atoms with Crippen molar-refractivity contribution >= 4 is 23.1 Å². The first-order valence-corrected chi connectivity index (χ1v) is 9.61. The number of carbonyl (C=O) groups is 4. The van der Waals surface area contributed by atoms with Crippen molar-refractivity contribution < 1.29 is 34.1 Å². The van der Waals surface area contributed by atoms with Gasteiger partial charge in [0.1, 0.15) is 11.5 Å². The van der Waals surface area contributed by atoms with E-state index in [0.717, 1.165) is 18.2 Å². The van der Waals surface area contributed by atoms with E-state index in [4.69, 9.17) is 4.74 Å². The molecule has 7 heteroatoms. The molecule has 2 N–H and O–H groups in total. The summed E-state index contributed by atoms with van der Waals surface area (Å²) in [5.41, 5.74) is 0.815. The van der Waals surface area contributed by atoms with Gasteiger partial charge in [0.25, 0.3) is 0 Å². The average molecular weight is 418 g/mol. The predicted molar refractivity (Wildman–Crippen MR) is 111 cm³/mol. The van der Waals surface area contributed by atoms with E-state index in [1.165, 1.54) is 12.1 Å². The molecule has 0 saturated heterocycles. The molecule has 0 radical (unpaired) electrons. The van der Waals surface area contributed by atoms with Crippen molar-refractivity contribution in [3.8, 4) is 22.6 Å². The number of ether oxygens (including phenoxy) is 1. The van der Waals surface area contributed by atoms with Crippen LogP contribution in [0.1, 0.15) is 59.5 Å². The lowest BCUT2D eigenvalue weighted by molar-refractivity contribution is 0.0890. The molecule has 0 aromatic heterocycles. The van der Waals surface area contributed by atoms with Crippen LogP contribution in [0.2, 0.25) is 0 Å². The lowest BCUT2D eigenvalue weighted by Gasteiger charge is -2.23. The van der Waals surface area contributed by atoms with Gasteiger partial charge in [0.15, 0.2) is 23.1 Å². The molecule has 2 aromatic carbocycles. The van der Waals surface area contributed by atoms with Crippen LogP contribution < -0.4 is 0 Å². The van der Waals surface area contributed by atoms with Gasteiger partial charge in [0.05, 0.1) is 17.7 Å². The van der Waals surface area contributed by atoms with Gasteiger partial charge in [-0.15, -0.1) is 0 Å². The summed E-state index contributed by atoms with van der Waals surface area (Å²) < 4.78 is 5.24. The summed E-state index contributed by atoms with van der Waals surface area (Å²) in [4.78, 5) is 50.5. The molecule has 0 bridgehead atoms. The summed E-state index contributed by atoms with van der Waals surface area (Å²) >= 11 is 0. The lowest BCUT2D eigenvalue weighted by Crippen LogP contribution is -2.20. The number of carbonyl (C=O) groups excluding carboxylic acids is 4. The SMILES string of the molecule is CCOC1=CC(=O)c2c(cc(C)c(-c3c(C)cc(O)c4c3C(=O)C=CC4=O)c2O)C1=O.